The number of carbonyl (C=O) groups is 1. The van der Waals surface area contributed by atoms with Crippen LogP contribution in [0, 0.1) is 0 Å². The third-order valence-corrected chi connectivity index (χ3v) is 3.93. The van der Waals surface area contributed by atoms with Gasteiger partial charge in [-0.2, -0.15) is 0 Å². The summed E-state index contributed by atoms with van der Waals surface area (Å²) in [4.78, 5) is 13.2. The Morgan fingerprint density at radius 1 is 1.14 bits per heavy atom. The number of ether oxygens (including phenoxy) is 1. The molecule has 0 amide bonds. The molecule has 1 N–H and O–H groups in total. The topological polar surface area (TPSA) is 49.8 Å². The smallest absolute Gasteiger partial charge is 0.335 e. The number of anilines is 1. The minimum absolute atomic E-state index is 0.279. The first-order valence-corrected chi connectivity index (χ1v) is 7.53. The lowest BCUT2D eigenvalue weighted by Gasteiger charge is -2.19. The number of hydrogen-bond donors (Lipinski definition) is 1. The van der Waals surface area contributed by atoms with Gasteiger partial charge in [-0.05, 0) is 48.7 Å². The molecule has 0 aliphatic carbocycles. The van der Waals surface area contributed by atoms with Crippen molar-refractivity contribution in [2.24, 2.45) is 0 Å². The molecule has 1 aliphatic heterocycles. The van der Waals surface area contributed by atoms with Crippen molar-refractivity contribution < 1.29 is 14.6 Å². The molecule has 0 unspecified atom stereocenters. The Kier molecular flexibility index (Phi) is 4.28. The fourth-order valence-corrected chi connectivity index (χ4v) is 2.78. The minimum atomic E-state index is -0.917. The van der Waals surface area contributed by atoms with Crippen molar-refractivity contribution in [2.75, 3.05) is 24.6 Å². The molecule has 0 bridgehead atoms. The Hall–Kier alpha value is -2.49. The van der Waals surface area contributed by atoms with E-state index in [1.807, 2.05) is 0 Å². The van der Waals surface area contributed by atoms with Crippen LogP contribution in [0.4, 0.5) is 5.69 Å². The van der Waals surface area contributed by atoms with Gasteiger partial charge in [0, 0.05) is 18.8 Å². The number of benzene rings is 2. The summed E-state index contributed by atoms with van der Waals surface area (Å²) in [5.74, 6) is -0.203. The van der Waals surface area contributed by atoms with Gasteiger partial charge in [0.05, 0.1) is 12.2 Å². The van der Waals surface area contributed by atoms with Crippen molar-refractivity contribution in [3.63, 3.8) is 0 Å². The van der Waals surface area contributed by atoms with E-state index in [1.54, 1.807) is 24.3 Å². The predicted molar refractivity (Wildman–Crippen MR) is 85.9 cm³/mol. The molecule has 0 spiro atoms. The van der Waals surface area contributed by atoms with Crippen LogP contribution in [0.25, 0.3) is 0 Å². The largest absolute Gasteiger partial charge is 0.494 e. The first-order chi connectivity index (χ1) is 10.7. The van der Waals surface area contributed by atoms with E-state index in [4.69, 9.17) is 9.84 Å². The number of carboxylic acid groups (broad SMARTS) is 1. The van der Waals surface area contributed by atoms with Gasteiger partial charge in [0.1, 0.15) is 5.75 Å². The van der Waals surface area contributed by atoms with E-state index in [2.05, 4.69) is 29.2 Å². The number of rotatable bonds is 6. The molecule has 0 saturated heterocycles. The zero-order valence-corrected chi connectivity index (χ0v) is 12.4. The summed E-state index contributed by atoms with van der Waals surface area (Å²) in [6, 6.07) is 15.1. The zero-order valence-electron chi connectivity index (χ0n) is 12.4. The average Bonchev–Trinajstić information content (AvgIpc) is 2.95. The van der Waals surface area contributed by atoms with Gasteiger partial charge in [0.25, 0.3) is 0 Å². The van der Waals surface area contributed by atoms with Gasteiger partial charge in [-0.1, -0.05) is 18.2 Å². The van der Waals surface area contributed by atoms with Crippen LogP contribution in [0.2, 0.25) is 0 Å². The SMILES string of the molecule is O=C(O)c1ccc(OCCCN2CCc3ccccc32)cc1. The second-order valence-corrected chi connectivity index (χ2v) is 5.40. The van der Waals surface area contributed by atoms with Gasteiger partial charge in [-0.15, -0.1) is 0 Å². The van der Waals surface area contributed by atoms with Crippen LogP contribution in [0.15, 0.2) is 48.5 Å². The van der Waals surface area contributed by atoms with E-state index in [0.29, 0.717) is 12.4 Å². The maximum absolute atomic E-state index is 10.8. The molecule has 3 rings (SSSR count). The summed E-state index contributed by atoms with van der Waals surface area (Å²) in [6.07, 6.45) is 2.06. The first kappa shape index (κ1) is 14.4. The van der Waals surface area contributed by atoms with Crippen LogP contribution >= 0.6 is 0 Å². The summed E-state index contributed by atoms with van der Waals surface area (Å²) in [7, 11) is 0. The minimum Gasteiger partial charge on any atom is -0.494 e. The third-order valence-electron chi connectivity index (χ3n) is 3.93. The van der Waals surface area contributed by atoms with E-state index < -0.39 is 5.97 Å². The van der Waals surface area contributed by atoms with Gasteiger partial charge in [0.2, 0.25) is 0 Å². The summed E-state index contributed by atoms with van der Waals surface area (Å²) in [5.41, 5.74) is 3.04. The van der Waals surface area contributed by atoms with Gasteiger partial charge < -0.3 is 14.7 Å². The van der Waals surface area contributed by atoms with E-state index in [1.165, 1.54) is 11.3 Å². The second kappa shape index (κ2) is 6.52. The standard InChI is InChI=1S/C18H19NO3/c20-18(21)15-6-8-16(9-7-15)22-13-3-11-19-12-10-14-4-1-2-5-17(14)19/h1-2,4-9H,3,10-13H2,(H,20,21). The zero-order chi connectivity index (χ0) is 15.4. The van der Waals surface area contributed by atoms with Crippen LogP contribution in [-0.4, -0.2) is 30.8 Å². The van der Waals surface area contributed by atoms with Crippen molar-refractivity contribution in [2.45, 2.75) is 12.8 Å². The molecule has 1 heterocycles. The highest BCUT2D eigenvalue weighted by Gasteiger charge is 2.17. The van der Waals surface area contributed by atoms with Crippen LogP contribution < -0.4 is 9.64 Å². The molecular weight excluding hydrogens is 278 g/mol. The lowest BCUT2D eigenvalue weighted by atomic mass is 10.2. The molecule has 2 aromatic rings. The van der Waals surface area contributed by atoms with Crippen molar-refractivity contribution in [1.29, 1.82) is 0 Å². The summed E-state index contributed by atoms with van der Waals surface area (Å²) >= 11 is 0. The molecule has 1 aliphatic rings. The second-order valence-electron chi connectivity index (χ2n) is 5.40. The number of nitrogens with zero attached hydrogens (tertiary/aromatic N) is 1. The van der Waals surface area contributed by atoms with Gasteiger partial charge in [0.15, 0.2) is 0 Å². The molecular formula is C18H19NO3. The maximum Gasteiger partial charge on any atom is 0.335 e. The number of fused-ring (bicyclic) bond motifs is 1. The Labute approximate surface area is 130 Å². The molecule has 0 fully saturated rings. The number of hydrogen-bond acceptors (Lipinski definition) is 3. The van der Waals surface area contributed by atoms with E-state index >= 15 is 0 Å². The molecule has 114 valence electrons. The monoisotopic (exact) mass is 297 g/mol. The Morgan fingerprint density at radius 2 is 1.91 bits per heavy atom. The highest BCUT2D eigenvalue weighted by molar-refractivity contribution is 5.87. The normalized spacial score (nSPS) is 13.0. The molecule has 2 aromatic carbocycles. The molecule has 4 heteroatoms. The van der Waals surface area contributed by atoms with Crippen LogP contribution in [-0.2, 0) is 6.42 Å². The first-order valence-electron chi connectivity index (χ1n) is 7.53. The summed E-state index contributed by atoms with van der Waals surface area (Å²) < 4.78 is 5.67. The predicted octanol–water partition coefficient (Wildman–Crippen LogP) is 3.22. The fraction of sp³-hybridized carbons (Fsp3) is 0.278. The van der Waals surface area contributed by atoms with E-state index in [-0.39, 0.29) is 5.56 Å². The maximum atomic E-state index is 10.8. The highest BCUT2D eigenvalue weighted by atomic mass is 16.5. The van der Waals surface area contributed by atoms with Crippen molar-refractivity contribution in [3.05, 3.63) is 59.7 Å². The number of aromatic carboxylic acids is 1. The lowest BCUT2D eigenvalue weighted by Crippen LogP contribution is -2.23. The number of para-hydroxylation sites is 1. The fourth-order valence-electron chi connectivity index (χ4n) is 2.78. The Morgan fingerprint density at radius 3 is 2.68 bits per heavy atom. The Balaban J connectivity index is 1.45. The molecule has 0 radical (unpaired) electrons. The van der Waals surface area contributed by atoms with Crippen molar-refractivity contribution >= 4 is 11.7 Å². The van der Waals surface area contributed by atoms with Gasteiger partial charge in [-0.3, -0.25) is 0 Å². The average molecular weight is 297 g/mol. The molecule has 0 atom stereocenters. The van der Waals surface area contributed by atoms with Crippen LogP contribution in [0.1, 0.15) is 22.3 Å². The lowest BCUT2D eigenvalue weighted by molar-refractivity contribution is 0.0697. The summed E-state index contributed by atoms with van der Waals surface area (Å²) in [5, 5.41) is 8.84. The van der Waals surface area contributed by atoms with Crippen molar-refractivity contribution in [3.8, 4) is 5.75 Å². The highest BCUT2D eigenvalue weighted by Crippen LogP contribution is 2.27. The number of carboxylic acids is 1. The third kappa shape index (κ3) is 3.22. The molecule has 0 aromatic heterocycles. The quantitative estimate of drug-likeness (QED) is 0.832. The molecule has 22 heavy (non-hydrogen) atoms. The Bertz CT molecular complexity index is 652. The summed E-state index contributed by atoms with van der Waals surface area (Å²) in [6.45, 7) is 2.68. The van der Waals surface area contributed by atoms with Gasteiger partial charge >= 0.3 is 5.97 Å². The van der Waals surface area contributed by atoms with Crippen molar-refractivity contribution in [1.82, 2.24) is 0 Å². The van der Waals surface area contributed by atoms with Crippen LogP contribution in [0.3, 0.4) is 0 Å². The van der Waals surface area contributed by atoms with Crippen LogP contribution in [0.5, 0.6) is 5.75 Å². The molecule has 0 saturated carbocycles. The van der Waals surface area contributed by atoms with Gasteiger partial charge in [-0.25, -0.2) is 4.79 Å². The molecule has 4 nitrogen and oxygen atoms in total. The van der Waals surface area contributed by atoms with E-state index in [0.717, 1.165) is 25.9 Å². The van der Waals surface area contributed by atoms with E-state index in [9.17, 15) is 4.79 Å².